The molecule has 0 aliphatic heterocycles. The van der Waals surface area contributed by atoms with Crippen molar-refractivity contribution in [1.29, 1.82) is 0 Å². The number of ether oxygens (including phenoxy) is 2. The highest BCUT2D eigenvalue weighted by Crippen LogP contribution is 2.64. The molecule has 4 fully saturated rings. The van der Waals surface area contributed by atoms with Gasteiger partial charge in [-0.1, -0.05) is 43.3 Å². The molecule has 4 aliphatic rings. The average molecular weight is 451 g/mol. The molecule has 8 unspecified atom stereocenters. The predicted octanol–water partition coefficient (Wildman–Crippen LogP) is 6.20. The third-order valence-electron chi connectivity index (χ3n) is 9.50. The molecule has 4 heteroatoms. The van der Waals surface area contributed by atoms with E-state index < -0.39 is 0 Å². The summed E-state index contributed by atoms with van der Waals surface area (Å²) >= 11 is 0. The largest absolute Gasteiger partial charge is 0.463 e. The molecule has 1 aromatic rings. The van der Waals surface area contributed by atoms with Gasteiger partial charge in [-0.3, -0.25) is 9.59 Å². The van der Waals surface area contributed by atoms with Gasteiger partial charge in [0.15, 0.2) is 0 Å². The summed E-state index contributed by atoms with van der Waals surface area (Å²) in [6.07, 6.45) is 11.4. The van der Waals surface area contributed by atoms with Crippen LogP contribution in [-0.4, -0.2) is 24.1 Å². The third-order valence-corrected chi connectivity index (χ3v) is 9.50. The lowest BCUT2D eigenvalue weighted by Gasteiger charge is -2.55. The molecule has 0 radical (unpaired) electrons. The first-order valence-corrected chi connectivity index (χ1v) is 12.9. The summed E-state index contributed by atoms with van der Waals surface area (Å²) in [4.78, 5) is 23.6. The molecule has 0 bridgehead atoms. The van der Waals surface area contributed by atoms with Crippen molar-refractivity contribution in [1.82, 2.24) is 0 Å². The summed E-state index contributed by atoms with van der Waals surface area (Å²) in [6.45, 7) is 5.47. The average Bonchev–Trinajstić information content (AvgIpc) is 3.05. The van der Waals surface area contributed by atoms with Crippen LogP contribution in [0.5, 0.6) is 0 Å². The van der Waals surface area contributed by atoms with E-state index in [1.165, 1.54) is 43.7 Å². The Bertz CT molecular complexity index is 921. The molecule has 5 rings (SSSR count). The summed E-state index contributed by atoms with van der Waals surface area (Å²) in [5, 5.41) is 0. The first kappa shape index (κ1) is 22.7. The van der Waals surface area contributed by atoms with Crippen LogP contribution in [0, 0.1) is 35.0 Å². The molecule has 0 aromatic heterocycles. The molecule has 8 atom stereocenters. The van der Waals surface area contributed by atoms with Crippen LogP contribution in [-0.2, 0) is 19.1 Å². The van der Waals surface area contributed by atoms with Crippen LogP contribution in [0.15, 0.2) is 35.9 Å². The van der Waals surface area contributed by atoms with E-state index in [1.54, 1.807) is 6.92 Å². The van der Waals surface area contributed by atoms with Gasteiger partial charge in [0.1, 0.15) is 12.2 Å². The van der Waals surface area contributed by atoms with Gasteiger partial charge in [0, 0.05) is 19.3 Å². The molecule has 0 saturated heterocycles. The Morgan fingerprint density at radius 1 is 0.909 bits per heavy atom. The number of carbonyl (C=O) groups excluding carboxylic acids is 2. The Morgan fingerprint density at radius 2 is 1.64 bits per heavy atom. The Labute approximate surface area is 198 Å². The molecule has 33 heavy (non-hydrogen) atoms. The lowest BCUT2D eigenvalue weighted by molar-refractivity contribution is -0.157. The SMILES string of the molecule is CC(=O)OC1CCC2C(CCC3C2CCC2(C)C(OC(C)=O)C(=Cc4ccccc4)CC32)C1. The molecule has 0 amide bonds. The van der Waals surface area contributed by atoms with Crippen LogP contribution in [0.1, 0.15) is 77.7 Å². The molecule has 0 N–H and O–H groups in total. The first-order chi connectivity index (χ1) is 15.8. The molecular weight excluding hydrogens is 412 g/mol. The summed E-state index contributed by atoms with van der Waals surface area (Å²) in [5.41, 5.74) is 2.51. The van der Waals surface area contributed by atoms with Gasteiger partial charge < -0.3 is 9.47 Å². The van der Waals surface area contributed by atoms with E-state index in [0.717, 1.165) is 37.5 Å². The number of carbonyl (C=O) groups is 2. The van der Waals surface area contributed by atoms with E-state index in [4.69, 9.17) is 9.47 Å². The van der Waals surface area contributed by atoms with Crippen molar-refractivity contribution in [2.75, 3.05) is 0 Å². The summed E-state index contributed by atoms with van der Waals surface area (Å²) in [5.74, 6) is 3.18. The number of esters is 2. The number of hydrogen-bond acceptors (Lipinski definition) is 4. The predicted molar refractivity (Wildman–Crippen MR) is 128 cm³/mol. The third kappa shape index (κ3) is 4.26. The van der Waals surface area contributed by atoms with Crippen molar-refractivity contribution >= 4 is 18.0 Å². The number of fused-ring (bicyclic) bond motifs is 5. The second-order valence-corrected chi connectivity index (χ2v) is 11.3. The van der Waals surface area contributed by atoms with Gasteiger partial charge in [0.2, 0.25) is 0 Å². The van der Waals surface area contributed by atoms with Gasteiger partial charge in [-0.15, -0.1) is 0 Å². The van der Waals surface area contributed by atoms with Crippen LogP contribution in [0.3, 0.4) is 0 Å². The van der Waals surface area contributed by atoms with Crippen LogP contribution < -0.4 is 0 Å². The van der Waals surface area contributed by atoms with Gasteiger partial charge in [0.25, 0.3) is 0 Å². The summed E-state index contributed by atoms with van der Waals surface area (Å²) < 4.78 is 11.6. The van der Waals surface area contributed by atoms with Gasteiger partial charge >= 0.3 is 11.9 Å². The standard InChI is InChI=1S/C29H38O4/c1-18(30)32-23-10-12-24-21(16-23)9-11-26-25(24)13-14-29(3)27(26)17-22(28(29)33-19(2)31)15-20-7-5-4-6-8-20/h4-8,15,21,23-28H,9-14,16-17H2,1-3H3. The Kier molecular flexibility index (Phi) is 6.13. The monoisotopic (exact) mass is 450 g/mol. The first-order valence-electron chi connectivity index (χ1n) is 12.9. The van der Waals surface area contributed by atoms with Crippen molar-refractivity contribution in [3.05, 3.63) is 41.5 Å². The second-order valence-electron chi connectivity index (χ2n) is 11.3. The minimum Gasteiger partial charge on any atom is -0.463 e. The van der Waals surface area contributed by atoms with Crippen molar-refractivity contribution in [3.63, 3.8) is 0 Å². The van der Waals surface area contributed by atoms with Gasteiger partial charge in [-0.2, -0.15) is 0 Å². The van der Waals surface area contributed by atoms with Crippen LogP contribution >= 0.6 is 0 Å². The molecule has 178 valence electrons. The zero-order chi connectivity index (χ0) is 23.2. The number of rotatable bonds is 3. The lowest BCUT2D eigenvalue weighted by Crippen LogP contribution is -2.50. The molecule has 4 aliphatic carbocycles. The van der Waals surface area contributed by atoms with E-state index in [-0.39, 0.29) is 29.6 Å². The zero-order valence-electron chi connectivity index (χ0n) is 20.3. The van der Waals surface area contributed by atoms with E-state index in [9.17, 15) is 9.59 Å². The fourth-order valence-corrected chi connectivity index (χ4v) is 8.27. The maximum Gasteiger partial charge on any atom is 0.303 e. The topological polar surface area (TPSA) is 52.6 Å². The summed E-state index contributed by atoms with van der Waals surface area (Å²) in [7, 11) is 0. The Morgan fingerprint density at radius 3 is 2.36 bits per heavy atom. The van der Waals surface area contributed by atoms with E-state index >= 15 is 0 Å². The second kappa shape index (κ2) is 8.92. The molecule has 0 spiro atoms. The molecule has 4 saturated carbocycles. The highest BCUT2D eigenvalue weighted by Gasteiger charge is 2.59. The molecule has 4 nitrogen and oxygen atoms in total. The highest BCUT2D eigenvalue weighted by molar-refractivity contribution is 5.67. The van der Waals surface area contributed by atoms with Crippen molar-refractivity contribution in [2.45, 2.75) is 84.3 Å². The van der Waals surface area contributed by atoms with E-state index in [2.05, 4.69) is 37.3 Å². The maximum atomic E-state index is 12.1. The van der Waals surface area contributed by atoms with Gasteiger partial charge in [0.05, 0.1) is 0 Å². The van der Waals surface area contributed by atoms with Crippen molar-refractivity contribution in [2.24, 2.45) is 35.0 Å². The van der Waals surface area contributed by atoms with Crippen molar-refractivity contribution in [3.8, 4) is 0 Å². The fraction of sp³-hybridized carbons (Fsp3) is 0.655. The van der Waals surface area contributed by atoms with Crippen LogP contribution in [0.2, 0.25) is 0 Å². The smallest absolute Gasteiger partial charge is 0.303 e. The summed E-state index contributed by atoms with van der Waals surface area (Å²) in [6, 6.07) is 10.5. The molecule has 0 heterocycles. The Balaban J connectivity index is 1.39. The fourth-order valence-electron chi connectivity index (χ4n) is 8.27. The Hall–Kier alpha value is -2.10. The van der Waals surface area contributed by atoms with E-state index in [1.807, 2.05) is 6.07 Å². The minimum atomic E-state index is -0.171. The molecular formula is C29H38O4. The normalized spacial score (nSPS) is 40.9. The highest BCUT2D eigenvalue weighted by atomic mass is 16.5. The minimum absolute atomic E-state index is 0.0230. The van der Waals surface area contributed by atoms with Gasteiger partial charge in [-0.05, 0) is 92.1 Å². The number of hydrogen-bond donors (Lipinski definition) is 0. The lowest BCUT2D eigenvalue weighted by atomic mass is 9.50. The van der Waals surface area contributed by atoms with Crippen LogP contribution in [0.4, 0.5) is 0 Å². The number of benzene rings is 1. The zero-order valence-corrected chi connectivity index (χ0v) is 20.3. The van der Waals surface area contributed by atoms with Crippen LogP contribution in [0.25, 0.3) is 6.08 Å². The maximum absolute atomic E-state index is 12.1. The van der Waals surface area contributed by atoms with E-state index in [0.29, 0.717) is 17.8 Å². The van der Waals surface area contributed by atoms with Gasteiger partial charge in [-0.25, -0.2) is 0 Å². The molecule has 1 aromatic carbocycles. The quantitative estimate of drug-likeness (QED) is 0.515. The van der Waals surface area contributed by atoms with Crippen molar-refractivity contribution < 1.29 is 19.1 Å².